The van der Waals surface area contributed by atoms with Gasteiger partial charge in [-0.25, -0.2) is 4.98 Å². The zero-order valence-corrected chi connectivity index (χ0v) is 13.5. The average Bonchev–Trinajstić information content (AvgIpc) is 3.22. The first-order chi connectivity index (χ1) is 11.3. The molecule has 0 atom stereocenters. The molecule has 0 spiro atoms. The van der Waals surface area contributed by atoms with Gasteiger partial charge in [0, 0.05) is 16.8 Å². The number of pyridine rings is 1. The number of imidazole rings is 1. The molecular formula is C19H22N4. The number of piperidine rings is 1. The molecule has 5 rings (SSSR count). The highest BCUT2D eigenvalue weighted by atomic mass is 15.1. The van der Waals surface area contributed by atoms with Gasteiger partial charge < -0.3 is 9.88 Å². The van der Waals surface area contributed by atoms with E-state index in [-0.39, 0.29) is 5.41 Å². The van der Waals surface area contributed by atoms with Crippen molar-refractivity contribution in [1.82, 2.24) is 19.9 Å². The zero-order valence-electron chi connectivity index (χ0n) is 13.5. The van der Waals surface area contributed by atoms with Gasteiger partial charge in [0.25, 0.3) is 0 Å². The highest BCUT2D eigenvalue weighted by molar-refractivity contribution is 6.02. The van der Waals surface area contributed by atoms with Crippen molar-refractivity contribution in [3.05, 3.63) is 36.3 Å². The summed E-state index contributed by atoms with van der Waals surface area (Å²) in [7, 11) is 0. The minimum absolute atomic E-state index is 0.269. The molecule has 0 bridgehead atoms. The Labute approximate surface area is 135 Å². The Morgan fingerprint density at radius 3 is 2.70 bits per heavy atom. The molecule has 0 radical (unpaired) electrons. The van der Waals surface area contributed by atoms with E-state index in [1.807, 2.05) is 6.20 Å². The molecule has 1 aliphatic carbocycles. The molecule has 2 fully saturated rings. The van der Waals surface area contributed by atoms with E-state index in [4.69, 9.17) is 4.98 Å². The van der Waals surface area contributed by atoms with Gasteiger partial charge >= 0.3 is 0 Å². The van der Waals surface area contributed by atoms with Crippen LogP contribution in [0.2, 0.25) is 0 Å². The van der Waals surface area contributed by atoms with Crippen LogP contribution in [0.15, 0.2) is 30.5 Å². The summed E-state index contributed by atoms with van der Waals surface area (Å²) in [6, 6.07) is 9.03. The van der Waals surface area contributed by atoms with Crippen molar-refractivity contribution < 1.29 is 0 Å². The molecule has 1 aliphatic heterocycles. The summed E-state index contributed by atoms with van der Waals surface area (Å²) in [6.45, 7) is 4.56. The molecule has 1 saturated carbocycles. The summed E-state index contributed by atoms with van der Waals surface area (Å²) in [5, 5.41) is 4.73. The molecule has 2 aliphatic rings. The lowest BCUT2D eigenvalue weighted by Gasteiger charge is -2.28. The third-order valence-electron chi connectivity index (χ3n) is 5.64. The molecule has 1 aromatic carbocycles. The van der Waals surface area contributed by atoms with Gasteiger partial charge in [0.1, 0.15) is 11.3 Å². The van der Waals surface area contributed by atoms with E-state index in [0.29, 0.717) is 6.04 Å². The zero-order chi connectivity index (χ0) is 15.4. The minimum atomic E-state index is 0.269. The lowest BCUT2D eigenvalue weighted by molar-refractivity contribution is 0.361. The second-order valence-electron chi connectivity index (χ2n) is 7.36. The Kier molecular flexibility index (Phi) is 2.80. The maximum absolute atomic E-state index is 5.05. The summed E-state index contributed by atoms with van der Waals surface area (Å²) in [6.07, 6.45) is 6.85. The highest BCUT2D eigenvalue weighted by Crippen LogP contribution is 2.49. The van der Waals surface area contributed by atoms with E-state index in [9.17, 15) is 0 Å². The first kappa shape index (κ1) is 13.5. The van der Waals surface area contributed by atoms with Crippen molar-refractivity contribution in [1.29, 1.82) is 0 Å². The maximum Gasteiger partial charge on any atom is 0.116 e. The Bertz CT molecular complexity index is 885. The fourth-order valence-electron chi connectivity index (χ4n) is 3.98. The summed E-state index contributed by atoms with van der Waals surface area (Å²) in [5.41, 5.74) is 3.70. The maximum atomic E-state index is 5.05. The van der Waals surface area contributed by atoms with Gasteiger partial charge in [0.05, 0.1) is 17.2 Å². The van der Waals surface area contributed by atoms with Crippen LogP contribution in [0.5, 0.6) is 0 Å². The number of fused-ring (bicyclic) bond motifs is 3. The smallest absolute Gasteiger partial charge is 0.116 e. The van der Waals surface area contributed by atoms with Gasteiger partial charge in [-0.2, -0.15) is 0 Å². The van der Waals surface area contributed by atoms with Crippen LogP contribution < -0.4 is 5.32 Å². The van der Waals surface area contributed by atoms with Crippen LogP contribution in [-0.2, 0) is 5.41 Å². The number of hydrogen-bond donors (Lipinski definition) is 1. The standard InChI is InChI=1S/C19H22N4/c1-19(8-9-19)18-22-16-12-21-15-5-3-2-4-14(15)17(16)23(18)13-6-10-20-11-7-13/h2-5,12-13,20H,6-11H2,1H3. The third-order valence-corrected chi connectivity index (χ3v) is 5.64. The largest absolute Gasteiger partial charge is 0.324 e. The summed E-state index contributed by atoms with van der Waals surface area (Å²) >= 11 is 0. The van der Waals surface area contributed by atoms with E-state index in [1.165, 1.54) is 42.4 Å². The van der Waals surface area contributed by atoms with Crippen LogP contribution in [-0.4, -0.2) is 27.6 Å². The van der Waals surface area contributed by atoms with Crippen LogP contribution >= 0.6 is 0 Å². The Morgan fingerprint density at radius 1 is 1.13 bits per heavy atom. The Hall–Kier alpha value is -1.94. The third kappa shape index (κ3) is 2.01. The number of nitrogens with zero attached hydrogens (tertiary/aromatic N) is 3. The number of benzene rings is 1. The SMILES string of the molecule is CC1(c2nc3cnc4ccccc4c3n2C2CCNCC2)CC1. The fraction of sp³-hybridized carbons (Fsp3) is 0.474. The van der Waals surface area contributed by atoms with E-state index in [0.717, 1.165) is 24.1 Å². The van der Waals surface area contributed by atoms with Crippen LogP contribution in [0.25, 0.3) is 21.9 Å². The molecule has 118 valence electrons. The fourth-order valence-corrected chi connectivity index (χ4v) is 3.98. The molecule has 2 aromatic heterocycles. The van der Waals surface area contributed by atoms with Gasteiger partial charge in [-0.05, 0) is 44.8 Å². The molecule has 4 nitrogen and oxygen atoms in total. The van der Waals surface area contributed by atoms with Gasteiger partial charge in [-0.1, -0.05) is 25.1 Å². The molecule has 3 heterocycles. The number of hydrogen-bond acceptors (Lipinski definition) is 3. The first-order valence-corrected chi connectivity index (χ1v) is 8.73. The molecule has 0 unspecified atom stereocenters. The lowest BCUT2D eigenvalue weighted by atomic mass is 10.0. The van der Waals surface area contributed by atoms with Crippen LogP contribution in [0.3, 0.4) is 0 Å². The monoisotopic (exact) mass is 306 g/mol. The molecule has 4 heteroatoms. The molecule has 1 N–H and O–H groups in total. The highest BCUT2D eigenvalue weighted by Gasteiger charge is 2.44. The van der Waals surface area contributed by atoms with Gasteiger partial charge in [0.2, 0.25) is 0 Å². The Morgan fingerprint density at radius 2 is 1.91 bits per heavy atom. The lowest BCUT2D eigenvalue weighted by Crippen LogP contribution is -2.31. The predicted molar refractivity (Wildman–Crippen MR) is 92.8 cm³/mol. The van der Waals surface area contributed by atoms with Crippen molar-refractivity contribution in [3.63, 3.8) is 0 Å². The summed E-state index contributed by atoms with van der Waals surface area (Å²) < 4.78 is 2.58. The normalized spacial score (nSPS) is 21.1. The number of rotatable bonds is 2. The van der Waals surface area contributed by atoms with Crippen LogP contribution in [0.1, 0.15) is 44.5 Å². The number of aromatic nitrogens is 3. The van der Waals surface area contributed by atoms with E-state index in [2.05, 4.69) is 46.1 Å². The van der Waals surface area contributed by atoms with Crippen molar-refractivity contribution >= 4 is 21.9 Å². The van der Waals surface area contributed by atoms with Crippen molar-refractivity contribution in [2.45, 2.75) is 44.1 Å². The predicted octanol–water partition coefficient (Wildman–Crippen LogP) is 3.56. The summed E-state index contributed by atoms with van der Waals surface area (Å²) in [4.78, 5) is 9.68. The molecule has 3 aromatic rings. The molecule has 1 saturated heterocycles. The molecular weight excluding hydrogens is 284 g/mol. The minimum Gasteiger partial charge on any atom is -0.324 e. The van der Waals surface area contributed by atoms with Crippen LogP contribution in [0.4, 0.5) is 0 Å². The quantitative estimate of drug-likeness (QED) is 0.787. The van der Waals surface area contributed by atoms with Crippen molar-refractivity contribution in [2.24, 2.45) is 0 Å². The number of para-hydroxylation sites is 1. The first-order valence-electron chi connectivity index (χ1n) is 8.73. The Balaban J connectivity index is 1.84. The molecule has 23 heavy (non-hydrogen) atoms. The molecule has 0 amide bonds. The van der Waals surface area contributed by atoms with Crippen molar-refractivity contribution in [2.75, 3.05) is 13.1 Å². The number of nitrogens with one attached hydrogen (secondary N) is 1. The average molecular weight is 306 g/mol. The second-order valence-corrected chi connectivity index (χ2v) is 7.36. The van der Waals surface area contributed by atoms with Crippen molar-refractivity contribution in [3.8, 4) is 0 Å². The van der Waals surface area contributed by atoms with Crippen LogP contribution in [0, 0.1) is 0 Å². The topological polar surface area (TPSA) is 42.7 Å². The van der Waals surface area contributed by atoms with E-state index < -0.39 is 0 Å². The van der Waals surface area contributed by atoms with E-state index >= 15 is 0 Å². The van der Waals surface area contributed by atoms with Gasteiger partial charge in [-0.15, -0.1) is 0 Å². The second kappa shape index (κ2) is 4.78. The van der Waals surface area contributed by atoms with Gasteiger partial charge in [-0.3, -0.25) is 4.98 Å². The summed E-state index contributed by atoms with van der Waals surface area (Å²) in [5.74, 6) is 1.29. The van der Waals surface area contributed by atoms with Gasteiger partial charge in [0.15, 0.2) is 0 Å². The van der Waals surface area contributed by atoms with E-state index in [1.54, 1.807) is 0 Å².